The highest BCUT2D eigenvalue weighted by molar-refractivity contribution is 7.89. The fourth-order valence-corrected chi connectivity index (χ4v) is 8.42. The van der Waals surface area contributed by atoms with Crippen molar-refractivity contribution in [1.29, 1.82) is 0 Å². The molecule has 1 spiro atoms. The first-order valence-electron chi connectivity index (χ1n) is 17.7. The topological polar surface area (TPSA) is 160 Å². The Morgan fingerprint density at radius 2 is 1.66 bits per heavy atom. The monoisotopic (exact) mass is 710 g/mol. The maximum Gasteiger partial charge on any atom is 0.258 e. The van der Waals surface area contributed by atoms with Crippen LogP contribution >= 0.6 is 0 Å². The second kappa shape index (κ2) is 14.1. The van der Waals surface area contributed by atoms with Crippen LogP contribution in [0, 0.1) is 28.6 Å². The highest BCUT2D eigenvalue weighted by Gasteiger charge is 2.62. The fraction of sp³-hybridized carbons (Fsp3) is 0.639. The summed E-state index contributed by atoms with van der Waals surface area (Å²) in [5.74, 6) is -2.06. The van der Waals surface area contributed by atoms with E-state index < -0.39 is 45.3 Å². The number of carbonyl (C=O) groups is 4. The van der Waals surface area contributed by atoms with E-state index in [0.29, 0.717) is 37.7 Å². The third-order valence-electron chi connectivity index (χ3n) is 11.1. The third-order valence-corrected chi connectivity index (χ3v) is 11.7. The Morgan fingerprint density at radius 1 is 1.00 bits per heavy atom. The fourth-order valence-electron chi connectivity index (χ4n) is 7.93. The molecule has 2 aromatic rings. The molecule has 2 N–H and O–H groups in total. The molecule has 1 aromatic heterocycles. The summed E-state index contributed by atoms with van der Waals surface area (Å²) in [6, 6.07) is 8.49. The molecule has 2 aliphatic carbocycles. The van der Waals surface area contributed by atoms with Gasteiger partial charge in [-0.3, -0.25) is 28.6 Å². The van der Waals surface area contributed by atoms with Gasteiger partial charge >= 0.3 is 0 Å². The molecule has 13 nitrogen and oxygen atoms in total. The predicted octanol–water partition coefficient (Wildman–Crippen LogP) is 2.42. The molecule has 6 rings (SSSR count). The molecular formula is C36H50N6O7S. The average molecular weight is 711 g/mol. The molecule has 4 amide bonds. The van der Waals surface area contributed by atoms with Crippen LogP contribution in [0.3, 0.4) is 0 Å². The zero-order valence-corrected chi connectivity index (χ0v) is 30.3. The number of hydrogen-bond acceptors (Lipinski definition) is 8. The first-order chi connectivity index (χ1) is 23.6. The van der Waals surface area contributed by atoms with Gasteiger partial charge in [-0.25, -0.2) is 8.42 Å². The van der Waals surface area contributed by atoms with Gasteiger partial charge in [0, 0.05) is 50.3 Å². The van der Waals surface area contributed by atoms with Crippen LogP contribution in [-0.4, -0.2) is 103 Å². The summed E-state index contributed by atoms with van der Waals surface area (Å²) < 4.78 is 33.9. The second-order valence-corrected chi connectivity index (χ2v) is 17.5. The van der Waals surface area contributed by atoms with Gasteiger partial charge in [-0.2, -0.15) is 5.10 Å². The normalized spacial score (nSPS) is 23.9. The van der Waals surface area contributed by atoms with Crippen LogP contribution in [0.25, 0.3) is 0 Å². The van der Waals surface area contributed by atoms with Crippen LogP contribution in [0.1, 0.15) is 75.2 Å². The Kier molecular flexibility index (Phi) is 10.2. The average Bonchev–Trinajstić information content (AvgIpc) is 3.36. The van der Waals surface area contributed by atoms with Gasteiger partial charge in [0.05, 0.1) is 36.6 Å². The van der Waals surface area contributed by atoms with Gasteiger partial charge in [0.2, 0.25) is 21.8 Å². The number of nitrogens with zero attached hydrogens (tertiary/aromatic N) is 4. The van der Waals surface area contributed by atoms with Crippen molar-refractivity contribution in [1.82, 2.24) is 29.6 Å². The predicted molar refractivity (Wildman–Crippen MR) is 185 cm³/mol. The quantitative estimate of drug-likeness (QED) is 0.340. The summed E-state index contributed by atoms with van der Waals surface area (Å²) in [6.45, 7) is 7.62. The minimum Gasteiger partial charge on any atom is -0.376 e. The van der Waals surface area contributed by atoms with E-state index in [-0.39, 0.29) is 36.2 Å². The van der Waals surface area contributed by atoms with Gasteiger partial charge < -0.3 is 19.9 Å². The molecule has 1 aromatic carbocycles. The lowest BCUT2D eigenvalue weighted by Gasteiger charge is -2.50. The van der Waals surface area contributed by atoms with Crippen LogP contribution in [0.4, 0.5) is 0 Å². The Hall–Kier alpha value is -3.78. The van der Waals surface area contributed by atoms with E-state index >= 15 is 0 Å². The summed E-state index contributed by atoms with van der Waals surface area (Å²) in [7, 11) is -3.92. The van der Waals surface area contributed by atoms with Gasteiger partial charge in [-0.05, 0) is 43.1 Å². The molecule has 2 saturated carbocycles. The number of sulfonamides is 1. The molecule has 0 bridgehead atoms. The highest BCUT2D eigenvalue weighted by atomic mass is 32.2. The third kappa shape index (κ3) is 8.06. The number of ether oxygens (including phenoxy) is 1. The molecular weight excluding hydrogens is 660 g/mol. The summed E-state index contributed by atoms with van der Waals surface area (Å²) in [6.07, 6.45) is 9.54. The molecule has 2 aliphatic heterocycles. The first kappa shape index (κ1) is 36.0. The smallest absolute Gasteiger partial charge is 0.258 e. The van der Waals surface area contributed by atoms with Gasteiger partial charge in [0.1, 0.15) is 6.04 Å². The van der Waals surface area contributed by atoms with Crippen molar-refractivity contribution in [2.45, 2.75) is 78.0 Å². The van der Waals surface area contributed by atoms with Gasteiger partial charge in [0.15, 0.2) is 0 Å². The van der Waals surface area contributed by atoms with Crippen molar-refractivity contribution in [3.05, 3.63) is 53.9 Å². The standard InChI is InChI=1S/C36H50N6O7S/c1-24(49-20-26-13-9-6-10-14-26)30(32(44)39-50(4,47)48)38-31(43)29-19-40(21-36(29)22-41(23-36)34(46)28-15-35(28,2)3)33(45)27-16-37-42(18-27)17-25-11-7-5-8-12-25/h5,7-8,11-12,16,18,24,26,28-30H,6,9-10,13-15,17,19-23H2,1-4H3,(H,38,43)(H,39,44)/t24-,28-,29+,30+/m1/s1. The molecule has 14 heteroatoms. The number of nitrogens with one attached hydrogen (secondary N) is 2. The lowest BCUT2D eigenvalue weighted by molar-refractivity contribution is -0.152. The van der Waals surface area contributed by atoms with E-state index in [1.165, 1.54) is 12.6 Å². The number of aromatic nitrogens is 2. The van der Waals surface area contributed by atoms with Crippen molar-refractivity contribution < 1.29 is 32.3 Å². The molecule has 0 unspecified atom stereocenters. The number of benzene rings is 1. The van der Waals surface area contributed by atoms with Gasteiger partial charge in [-0.1, -0.05) is 63.4 Å². The maximum absolute atomic E-state index is 14.2. The van der Waals surface area contributed by atoms with E-state index in [4.69, 9.17) is 4.74 Å². The summed E-state index contributed by atoms with van der Waals surface area (Å²) in [5.41, 5.74) is 0.649. The zero-order valence-electron chi connectivity index (χ0n) is 29.5. The maximum atomic E-state index is 14.2. The van der Waals surface area contributed by atoms with Crippen LogP contribution in [-0.2, 0) is 35.7 Å². The van der Waals surface area contributed by atoms with Crippen molar-refractivity contribution in [2.24, 2.45) is 28.6 Å². The lowest BCUT2D eigenvalue weighted by Crippen LogP contribution is -2.65. The highest BCUT2D eigenvalue weighted by Crippen LogP contribution is 2.54. The van der Waals surface area contributed by atoms with E-state index in [9.17, 15) is 27.6 Å². The number of carbonyl (C=O) groups excluding carboxylic acids is 4. The summed E-state index contributed by atoms with van der Waals surface area (Å²) in [4.78, 5) is 58.1. The number of amides is 4. The van der Waals surface area contributed by atoms with Gasteiger partial charge in [0.25, 0.3) is 11.8 Å². The van der Waals surface area contributed by atoms with Crippen molar-refractivity contribution >= 4 is 33.7 Å². The minimum atomic E-state index is -3.92. The lowest BCUT2D eigenvalue weighted by atomic mass is 9.70. The Bertz CT molecular complexity index is 1700. The molecule has 4 fully saturated rings. The zero-order chi connectivity index (χ0) is 35.8. The van der Waals surface area contributed by atoms with Gasteiger partial charge in [-0.15, -0.1) is 0 Å². The van der Waals surface area contributed by atoms with Crippen molar-refractivity contribution in [3.8, 4) is 0 Å². The SMILES string of the molecule is C[C@@H](OCC1CCCCC1)[C@H](NC(=O)[C@@H]1CN(C(=O)c2cnn(Cc3ccccc3)c2)CC12CN(C(=O)[C@H]1CC1(C)C)C2)C(=O)NS(C)(=O)=O. The number of hydrogen-bond donors (Lipinski definition) is 2. The van der Waals surface area contributed by atoms with Crippen LogP contribution in [0.2, 0.25) is 0 Å². The van der Waals surface area contributed by atoms with E-state index in [1.54, 1.807) is 27.6 Å². The van der Waals surface area contributed by atoms with Crippen molar-refractivity contribution in [2.75, 3.05) is 39.0 Å². The van der Waals surface area contributed by atoms with E-state index in [2.05, 4.69) is 24.3 Å². The molecule has 4 atom stereocenters. The summed E-state index contributed by atoms with van der Waals surface area (Å²) >= 11 is 0. The summed E-state index contributed by atoms with van der Waals surface area (Å²) in [5, 5.41) is 7.21. The molecule has 4 aliphatic rings. The Morgan fingerprint density at radius 3 is 2.30 bits per heavy atom. The molecule has 3 heterocycles. The van der Waals surface area contributed by atoms with Crippen LogP contribution in [0.5, 0.6) is 0 Å². The number of rotatable bonds is 12. The first-order valence-corrected chi connectivity index (χ1v) is 19.6. The molecule has 2 saturated heterocycles. The molecule has 50 heavy (non-hydrogen) atoms. The molecule has 272 valence electrons. The Labute approximate surface area is 294 Å². The molecule has 0 radical (unpaired) electrons. The number of likely N-dealkylation sites (tertiary alicyclic amines) is 2. The van der Waals surface area contributed by atoms with Crippen LogP contribution in [0.15, 0.2) is 42.7 Å². The Balaban J connectivity index is 1.19. The van der Waals surface area contributed by atoms with Crippen molar-refractivity contribution in [3.63, 3.8) is 0 Å². The largest absolute Gasteiger partial charge is 0.376 e. The van der Waals surface area contributed by atoms with Crippen LogP contribution < -0.4 is 10.0 Å². The van der Waals surface area contributed by atoms with E-state index in [0.717, 1.165) is 43.9 Å². The minimum absolute atomic E-state index is 0.0534. The second-order valence-electron chi connectivity index (χ2n) is 15.7. The van der Waals surface area contributed by atoms with E-state index in [1.807, 2.05) is 35.1 Å².